The van der Waals surface area contributed by atoms with Gasteiger partial charge in [-0.05, 0) is 61.1 Å². The summed E-state index contributed by atoms with van der Waals surface area (Å²) in [6.45, 7) is 6.63. The van der Waals surface area contributed by atoms with Crippen molar-refractivity contribution in [3.8, 4) is 5.75 Å². The van der Waals surface area contributed by atoms with E-state index in [9.17, 15) is 4.79 Å². The zero-order valence-electron chi connectivity index (χ0n) is 15.7. The number of hydrogen-bond acceptors (Lipinski definition) is 3. The van der Waals surface area contributed by atoms with Gasteiger partial charge in [0.25, 0.3) is 5.91 Å². The van der Waals surface area contributed by atoms with Gasteiger partial charge in [0.15, 0.2) is 6.61 Å². The topological polar surface area (TPSA) is 41.6 Å². The van der Waals surface area contributed by atoms with Gasteiger partial charge in [0, 0.05) is 24.5 Å². The second-order valence-electron chi connectivity index (χ2n) is 7.01. The minimum atomic E-state index is -0.143. The summed E-state index contributed by atoms with van der Waals surface area (Å²) in [6, 6.07) is 15.9. The molecule has 4 heteroatoms. The highest BCUT2D eigenvalue weighted by Gasteiger charge is 2.16. The molecule has 1 aliphatic heterocycles. The van der Waals surface area contributed by atoms with Crippen LogP contribution in [0.2, 0.25) is 0 Å². The first-order valence-corrected chi connectivity index (χ1v) is 9.51. The molecular weight excluding hydrogens is 324 g/mol. The van der Waals surface area contributed by atoms with Crippen LogP contribution in [-0.4, -0.2) is 25.6 Å². The molecule has 1 fully saturated rings. The molecule has 1 amide bonds. The fraction of sp³-hybridized carbons (Fsp3) is 0.409. The average molecular weight is 352 g/mol. The second-order valence-corrected chi connectivity index (χ2v) is 7.01. The molecule has 1 N–H and O–H groups in total. The predicted octanol–water partition coefficient (Wildman–Crippen LogP) is 4.50. The summed E-state index contributed by atoms with van der Waals surface area (Å²) < 4.78 is 5.67. The van der Waals surface area contributed by atoms with Crippen LogP contribution in [0, 0.1) is 5.92 Å². The number of nitrogens with one attached hydrogen (secondary N) is 1. The van der Waals surface area contributed by atoms with Gasteiger partial charge < -0.3 is 15.0 Å². The van der Waals surface area contributed by atoms with Crippen LogP contribution < -0.4 is 15.0 Å². The van der Waals surface area contributed by atoms with E-state index in [1.54, 1.807) is 0 Å². The highest BCUT2D eigenvalue weighted by atomic mass is 16.5. The average Bonchev–Trinajstić information content (AvgIpc) is 2.68. The van der Waals surface area contributed by atoms with Crippen LogP contribution in [0.25, 0.3) is 0 Å². The normalized spacial score (nSPS) is 14.9. The number of anilines is 2. The first kappa shape index (κ1) is 18.3. The Morgan fingerprint density at radius 3 is 2.50 bits per heavy atom. The van der Waals surface area contributed by atoms with Gasteiger partial charge in [0.2, 0.25) is 0 Å². The molecule has 1 aliphatic rings. The Balaban J connectivity index is 1.51. The maximum absolute atomic E-state index is 12.2. The molecule has 0 spiro atoms. The lowest BCUT2D eigenvalue weighted by atomic mass is 9.99. The van der Waals surface area contributed by atoms with Crippen molar-refractivity contribution < 1.29 is 9.53 Å². The number of rotatable bonds is 6. The largest absolute Gasteiger partial charge is 0.483 e. The van der Waals surface area contributed by atoms with E-state index in [1.165, 1.54) is 18.5 Å². The summed E-state index contributed by atoms with van der Waals surface area (Å²) in [4.78, 5) is 14.6. The van der Waals surface area contributed by atoms with Crippen LogP contribution in [-0.2, 0) is 11.2 Å². The molecule has 4 nitrogen and oxygen atoms in total. The lowest BCUT2D eigenvalue weighted by Crippen LogP contribution is -2.32. The lowest BCUT2D eigenvalue weighted by molar-refractivity contribution is -0.118. The van der Waals surface area contributed by atoms with Gasteiger partial charge in [-0.25, -0.2) is 0 Å². The van der Waals surface area contributed by atoms with E-state index in [-0.39, 0.29) is 12.5 Å². The summed E-state index contributed by atoms with van der Waals surface area (Å²) >= 11 is 0. The second kappa shape index (κ2) is 8.75. The van der Waals surface area contributed by atoms with Gasteiger partial charge in [-0.3, -0.25) is 4.79 Å². The molecule has 138 valence electrons. The summed E-state index contributed by atoms with van der Waals surface area (Å²) in [7, 11) is 0. The number of carbonyl (C=O) groups excluding carboxylic acids is 1. The number of amides is 1. The van der Waals surface area contributed by atoms with Crippen molar-refractivity contribution in [3.63, 3.8) is 0 Å². The summed E-state index contributed by atoms with van der Waals surface area (Å²) in [5.74, 6) is 1.46. The van der Waals surface area contributed by atoms with E-state index in [2.05, 4.69) is 36.2 Å². The minimum absolute atomic E-state index is 0.0166. The molecule has 1 saturated heterocycles. The van der Waals surface area contributed by atoms with Crippen molar-refractivity contribution in [2.24, 2.45) is 5.92 Å². The molecule has 0 unspecified atom stereocenters. The van der Waals surface area contributed by atoms with Crippen LogP contribution in [0.5, 0.6) is 5.75 Å². The van der Waals surface area contributed by atoms with Crippen molar-refractivity contribution in [1.29, 1.82) is 0 Å². The number of hydrogen-bond donors (Lipinski definition) is 1. The minimum Gasteiger partial charge on any atom is -0.483 e. The molecule has 2 aromatic rings. The monoisotopic (exact) mass is 352 g/mol. The molecule has 0 aliphatic carbocycles. The molecule has 3 rings (SSSR count). The maximum Gasteiger partial charge on any atom is 0.262 e. The van der Waals surface area contributed by atoms with Gasteiger partial charge in [-0.1, -0.05) is 32.0 Å². The lowest BCUT2D eigenvalue weighted by Gasteiger charge is -2.32. The Morgan fingerprint density at radius 1 is 1.12 bits per heavy atom. The number of ether oxygens (including phenoxy) is 1. The highest BCUT2D eigenvalue weighted by Crippen LogP contribution is 2.24. The fourth-order valence-corrected chi connectivity index (χ4v) is 3.30. The zero-order valence-corrected chi connectivity index (χ0v) is 15.7. The van der Waals surface area contributed by atoms with Gasteiger partial charge in [-0.2, -0.15) is 0 Å². The van der Waals surface area contributed by atoms with Crippen LogP contribution in [0.15, 0.2) is 48.5 Å². The predicted molar refractivity (Wildman–Crippen MR) is 107 cm³/mol. The van der Waals surface area contributed by atoms with Crippen molar-refractivity contribution in [2.45, 2.75) is 33.1 Å². The van der Waals surface area contributed by atoms with Gasteiger partial charge in [0.05, 0.1) is 0 Å². The smallest absolute Gasteiger partial charge is 0.262 e. The summed E-state index contributed by atoms with van der Waals surface area (Å²) in [5.41, 5.74) is 3.14. The first-order valence-electron chi connectivity index (χ1n) is 9.51. The molecule has 0 bridgehead atoms. The number of carbonyl (C=O) groups is 1. The zero-order chi connectivity index (χ0) is 18.4. The van der Waals surface area contributed by atoms with Crippen LogP contribution in [0.3, 0.4) is 0 Å². The SMILES string of the molecule is CCc1ccccc1OCC(=O)Nc1ccc(N2CCC(C)CC2)cc1. The Kier molecular flexibility index (Phi) is 6.16. The Labute approximate surface area is 156 Å². The number of aryl methyl sites for hydroxylation is 1. The van der Waals surface area contributed by atoms with Crippen molar-refractivity contribution in [3.05, 3.63) is 54.1 Å². The number of piperidine rings is 1. The number of para-hydroxylation sites is 1. The van der Waals surface area contributed by atoms with Crippen molar-refractivity contribution >= 4 is 17.3 Å². The fourth-order valence-electron chi connectivity index (χ4n) is 3.30. The van der Waals surface area contributed by atoms with Gasteiger partial charge >= 0.3 is 0 Å². The number of nitrogens with zero attached hydrogens (tertiary/aromatic N) is 1. The molecule has 0 saturated carbocycles. The van der Waals surface area contributed by atoms with E-state index in [1.807, 2.05) is 36.4 Å². The van der Waals surface area contributed by atoms with E-state index in [0.717, 1.165) is 42.4 Å². The molecule has 26 heavy (non-hydrogen) atoms. The molecular formula is C22H28N2O2. The van der Waals surface area contributed by atoms with E-state index < -0.39 is 0 Å². The first-order chi connectivity index (χ1) is 12.7. The molecule has 1 heterocycles. The standard InChI is InChI=1S/C22H28N2O2/c1-3-18-6-4-5-7-21(18)26-16-22(25)23-19-8-10-20(11-9-19)24-14-12-17(2)13-15-24/h4-11,17H,3,12-16H2,1-2H3,(H,23,25). The van der Waals surface area contributed by atoms with Gasteiger partial charge in [0.1, 0.15) is 5.75 Å². The highest BCUT2D eigenvalue weighted by molar-refractivity contribution is 5.92. The van der Waals surface area contributed by atoms with Crippen LogP contribution in [0.1, 0.15) is 32.3 Å². The summed E-state index contributed by atoms with van der Waals surface area (Å²) in [6.07, 6.45) is 3.37. The molecule has 0 atom stereocenters. The summed E-state index contributed by atoms with van der Waals surface area (Å²) in [5, 5.41) is 2.90. The maximum atomic E-state index is 12.2. The van der Waals surface area contributed by atoms with Crippen molar-refractivity contribution in [1.82, 2.24) is 0 Å². The van der Waals surface area contributed by atoms with Crippen molar-refractivity contribution in [2.75, 3.05) is 29.9 Å². The van der Waals surface area contributed by atoms with E-state index in [0.29, 0.717) is 0 Å². The van der Waals surface area contributed by atoms with Crippen LogP contribution >= 0.6 is 0 Å². The van der Waals surface area contributed by atoms with Gasteiger partial charge in [-0.15, -0.1) is 0 Å². The third-order valence-electron chi connectivity index (χ3n) is 5.01. The molecule has 0 radical (unpaired) electrons. The molecule has 2 aromatic carbocycles. The van der Waals surface area contributed by atoms with E-state index >= 15 is 0 Å². The number of benzene rings is 2. The molecule has 0 aromatic heterocycles. The quantitative estimate of drug-likeness (QED) is 0.832. The Morgan fingerprint density at radius 2 is 1.81 bits per heavy atom. The van der Waals surface area contributed by atoms with Crippen LogP contribution in [0.4, 0.5) is 11.4 Å². The van der Waals surface area contributed by atoms with E-state index in [4.69, 9.17) is 4.74 Å². The third-order valence-corrected chi connectivity index (χ3v) is 5.01. The Hall–Kier alpha value is -2.49. The third kappa shape index (κ3) is 4.78. The Bertz CT molecular complexity index is 719.